The first kappa shape index (κ1) is 13.0. The van der Waals surface area contributed by atoms with E-state index in [1.165, 1.54) is 10.9 Å². The Balaban J connectivity index is 1.38. The molecule has 1 aliphatic carbocycles. The summed E-state index contributed by atoms with van der Waals surface area (Å²) in [4.78, 5) is 14.6. The maximum atomic E-state index is 11.3. The van der Waals surface area contributed by atoms with Crippen molar-refractivity contribution in [3.8, 4) is 0 Å². The van der Waals surface area contributed by atoms with Crippen molar-refractivity contribution in [2.45, 2.75) is 31.7 Å². The SMILES string of the molecule is O=C(NC1CC1)OCCC[CH]c1c[nH]c2ccccc12. The van der Waals surface area contributed by atoms with Crippen LogP contribution in [0.4, 0.5) is 4.79 Å². The fourth-order valence-electron chi connectivity index (χ4n) is 2.20. The predicted molar refractivity (Wildman–Crippen MR) is 78.4 cm³/mol. The molecule has 1 saturated carbocycles. The van der Waals surface area contributed by atoms with E-state index in [1.54, 1.807) is 0 Å². The van der Waals surface area contributed by atoms with E-state index in [2.05, 4.69) is 28.9 Å². The second-order valence-electron chi connectivity index (χ2n) is 5.19. The minimum absolute atomic E-state index is 0.278. The largest absolute Gasteiger partial charge is 0.450 e. The molecule has 1 heterocycles. The zero-order chi connectivity index (χ0) is 13.8. The van der Waals surface area contributed by atoms with Gasteiger partial charge in [-0.2, -0.15) is 0 Å². The maximum absolute atomic E-state index is 11.3. The van der Waals surface area contributed by atoms with Crippen LogP contribution in [-0.2, 0) is 4.74 Å². The van der Waals surface area contributed by atoms with Crippen molar-refractivity contribution in [1.82, 2.24) is 10.3 Å². The number of para-hydroxylation sites is 1. The van der Waals surface area contributed by atoms with E-state index in [-0.39, 0.29) is 6.09 Å². The number of hydrogen-bond acceptors (Lipinski definition) is 2. The van der Waals surface area contributed by atoms with Crippen LogP contribution in [0, 0.1) is 6.42 Å². The average molecular weight is 271 g/mol. The molecule has 3 rings (SSSR count). The van der Waals surface area contributed by atoms with Gasteiger partial charge in [0, 0.05) is 23.1 Å². The molecule has 4 nitrogen and oxygen atoms in total. The van der Waals surface area contributed by atoms with Gasteiger partial charge in [0.05, 0.1) is 6.61 Å². The van der Waals surface area contributed by atoms with Crippen LogP contribution in [0.3, 0.4) is 0 Å². The first-order chi connectivity index (χ1) is 9.83. The van der Waals surface area contributed by atoms with Gasteiger partial charge >= 0.3 is 6.09 Å². The number of aromatic nitrogens is 1. The molecular formula is C16H19N2O2. The van der Waals surface area contributed by atoms with Gasteiger partial charge in [0.1, 0.15) is 0 Å². The van der Waals surface area contributed by atoms with Crippen molar-refractivity contribution in [2.24, 2.45) is 0 Å². The Morgan fingerprint density at radius 2 is 2.25 bits per heavy atom. The maximum Gasteiger partial charge on any atom is 0.407 e. The molecule has 0 spiro atoms. The standard InChI is InChI=1S/C16H19N2O2/c19-16(18-13-8-9-13)20-10-4-3-5-12-11-17-15-7-2-1-6-14(12)15/h1-2,5-7,11,13,17H,3-4,8-10H2,(H,18,19). The molecule has 4 heteroatoms. The van der Waals surface area contributed by atoms with E-state index in [0.717, 1.165) is 31.2 Å². The molecule has 0 bridgehead atoms. The van der Waals surface area contributed by atoms with Crippen LogP contribution in [0.2, 0.25) is 0 Å². The van der Waals surface area contributed by atoms with Crippen molar-refractivity contribution in [2.75, 3.05) is 6.61 Å². The van der Waals surface area contributed by atoms with Crippen molar-refractivity contribution >= 4 is 17.0 Å². The molecule has 2 aromatic rings. The molecule has 1 amide bonds. The number of rotatable bonds is 6. The van der Waals surface area contributed by atoms with Gasteiger partial charge in [-0.25, -0.2) is 4.79 Å². The molecule has 105 valence electrons. The number of aromatic amines is 1. The van der Waals surface area contributed by atoms with Gasteiger partial charge in [-0.15, -0.1) is 0 Å². The first-order valence-corrected chi connectivity index (χ1v) is 7.15. The Kier molecular flexibility index (Phi) is 3.90. The Labute approximate surface area is 118 Å². The van der Waals surface area contributed by atoms with Gasteiger partial charge in [0.25, 0.3) is 0 Å². The number of nitrogens with one attached hydrogen (secondary N) is 2. The second-order valence-corrected chi connectivity index (χ2v) is 5.19. The molecule has 20 heavy (non-hydrogen) atoms. The summed E-state index contributed by atoms with van der Waals surface area (Å²) in [6.45, 7) is 0.470. The Morgan fingerprint density at radius 3 is 3.10 bits per heavy atom. The van der Waals surface area contributed by atoms with E-state index >= 15 is 0 Å². The number of carbonyl (C=O) groups is 1. The van der Waals surface area contributed by atoms with E-state index in [0.29, 0.717) is 12.6 Å². The van der Waals surface area contributed by atoms with Crippen LogP contribution >= 0.6 is 0 Å². The highest BCUT2D eigenvalue weighted by atomic mass is 16.5. The van der Waals surface area contributed by atoms with Gasteiger partial charge in [0.15, 0.2) is 0 Å². The normalized spacial score (nSPS) is 14.4. The molecule has 1 aromatic heterocycles. The molecule has 1 fully saturated rings. The monoisotopic (exact) mass is 271 g/mol. The zero-order valence-corrected chi connectivity index (χ0v) is 11.4. The highest BCUT2D eigenvalue weighted by molar-refractivity contribution is 5.84. The predicted octanol–water partition coefficient (Wildman–Crippen LogP) is 3.39. The molecule has 1 radical (unpaired) electrons. The van der Waals surface area contributed by atoms with Crippen molar-refractivity contribution in [3.05, 3.63) is 42.4 Å². The van der Waals surface area contributed by atoms with Gasteiger partial charge in [-0.3, -0.25) is 0 Å². The summed E-state index contributed by atoms with van der Waals surface area (Å²) in [6.07, 6.45) is 7.84. The van der Waals surface area contributed by atoms with Crippen molar-refractivity contribution in [3.63, 3.8) is 0 Å². The number of unbranched alkanes of at least 4 members (excludes halogenated alkanes) is 1. The first-order valence-electron chi connectivity index (χ1n) is 7.15. The van der Waals surface area contributed by atoms with Crippen LogP contribution in [0.5, 0.6) is 0 Å². The van der Waals surface area contributed by atoms with E-state index in [9.17, 15) is 4.79 Å². The number of carbonyl (C=O) groups excluding carboxylic acids is 1. The summed E-state index contributed by atoms with van der Waals surface area (Å²) < 4.78 is 5.12. The smallest absolute Gasteiger partial charge is 0.407 e. The average Bonchev–Trinajstić information content (AvgIpc) is 3.17. The summed E-state index contributed by atoms with van der Waals surface area (Å²) in [7, 11) is 0. The molecule has 0 atom stereocenters. The number of H-pyrrole nitrogens is 1. The third-order valence-electron chi connectivity index (χ3n) is 3.47. The Morgan fingerprint density at radius 1 is 1.40 bits per heavy atom. The van der Waals surface area contributed by atoms with E-state index < -0.39 is 0 Å². The fourth-order valence-corrected chi connectivity index (χ4v) is 2.20. The zero-order valence-electron chi connectivity index (χ0n) is 11.4. The molecule has 0 unspecified atom stereocenters. The number of amides is 1. The molecule has 1 aliphatic rings. The molecule has 1 aromatic carbocycles. The molecule has 0 saturated heterocycles. The number of ether oxygens (including phenoxy) is 1. The summed E-state index contributed by atoms with van der Waals surface area (Å²) in [5.41, 5.74) is 2.36. The van der Waals surface area contributed by atoms with Gasteiger partial charge in [-0.05, 0) is 43.7 Å². The minimum atomic E-state index is -0.278. The summed E-state index contributed by atoms with van der Waals surface area (Å²) in [5, 5.41) is 4.04. The summed E-state index contributed by atoms with van der Waals surface area (Å²) in [5.74, 6) is 0. The van der Waals surface area contributed by atoms with Crippen molar-refractivity contribution < 1.29 is 9.53 Å². The highest BCUT2D eigenvalue weighted by Crippen LogP contribution is 2.21. The summed E-state index contributed by atoms with van der Waals surface area (Å²) in [6, 6.07) is 8.60. The lowest BCUT2D eigenvalue weighted by molar-refractivity contribution is 0.144. The van der Waals surface area contributed by atoms with Crippen LogP contribution < -0.4 is 5.32 Å². The van der Waals surface area contributed by atoms with Crippen LogP contribution in [0.25, 0.3) is 10.9 Å². The van der Waals surface area contributed by atoms with Crippen LogP contribution in [-0.4, -0.2) is 23.7 Å². The lowest BCUT2D eigenvalue weighted by atomic mass is 10.1. The third-order valence-corrected chi connectivity index (χ3v) is 3.47. The van der Waals surface area contributed by atoms with Crippen molar-refractivity contribution in [1.29, 1.82) is 0 Å². The quantitative estimate of drug-likeness (QED) is 0.791. The molecular weight excluding hydrogens is 252 g/mol. The third kappa shape index (κ3) is 3.32. The lowest BCUT2D eigenvalue weighted by Crippen LogP contribution is -2.26. The number of alkyl carbamates (subject to hydrolysis) is 1. The molecule has 2 N–H and O–H groups in total. The van der Waals surface area contributed by atoms with E-state index in [1.807, 2.05) is 18.3 Å². The van der Waals surface area contributed by atoms with E-state index in [4.69, 9.17) is 4.74 Å². The summed E-state index contributed by atoms with van der Waals surface area (Å²) >= 11 is 0. The van der Waals surface area contributed by atoms with Gasteiger partial charge in [0.2, 0.25) is 0 Å². The van der Waals surface area contributed by atoms with Crippen LogP contribution in [0.15, 0.2) is 30.5 Å². The minimum Gasteiger partial charge on any atom is -0.450 e. The van der Waals surface area contributed by atoms with Crippen LogP contribution in [0.1, 0.15) is 31.2 Å². The number of fused-ring (bicyclic) bond motifs is 1. The van der Waals surface area contributed by atoms with Gasteiger partial charge in [-0.1, -0.05) is 18.2 Å². The Bertz CT molecular complexity index is 587. The lowest BCUT2D eigenvalue weighted by Gasteiger charge is -2.05. The van der Waals surface area contributed by atoms with Gasteiger partial charge < -0.3 is 15.0 Å². The number of benzene rings is 1. The number of hydrogen-bond donors (Lipinski definition) is 2. The second kappa shape index (κ2) is 5.99. The molecule has 0 aliphatic heterocycles. The highest BCUT2D eigenvalue weighted by Gasteiger charge is 2.23. The topological polar surface area (TPSA) is 54.1 Å². The fraction of sp³-hybridized carbons (Fsp3) is 0.375. The Hall–Kier alpha value is -1.97.